The Labute approximate surface area is 119 Å². The zero-order valence-corrected chi connectivity index (χ0v) is 11.9. The average molecular weight is 278 g/mol. The molecule has 110 valence electrons. The van der Waals surface area contributed by atoms with Crippen LogP contribution >= 0.6 is 0 Å². The lowest BCUT2D eigenvalue weighted by molar-refractivity contribution is -0.385. The maximum Gasteiger partial charge on any atom is 0.310 e. The Morgan fingerprint density at radius 3 is 2.85 bits per heavy atom. The molecule has 0 bridgehead atoms. The van der Waals surface area contributed by atoms with Crippen LogP contribution in [0.15, 0.2) is 18.2 Å². The van der Waals surface area contributed by atoms with E-state index in [0.29, 0.717) is 24.8 Å². The van der Waals surface area contributed by atoms with Crippen molar-refractivity contribution in [3.63, 3.8) is 0 Å². The fourth-order valence-corrected chi connectivity index (χ4v) is 2.21. The maximum absolute atomic E-state index is 11.0. The molecule has 5 nitrogen and oxygen atoms in total. The molecular weight excluding hydrogens is 256 g/mol. The van der Waals surface area contributed by atoms with Gasteiger partial charge in [0.1, 0.15) is 0 Å². The summed E-state index contributed by atoms with van der Waals surface area (Å²) in [7, 11) is 0. The van der Waals surface area contributed by atoms with Gasteiger partial charge in [-0.3, -0.25) is 10.1 Å². The van der Waals surface area contributed by atoms with Crippen molar-refractivity contribution >= 4 is 5.69 Å². The lowest BCUT2D eigenvalue weighted by atomic mass is 9.86. The number of ether oxygens (including phenoxy) is 1. The van der Waals surface area contributed by atoms with Crippen LogP contribution in [-0.4, -0.2) is 18.1 Å². The molecule has 0 spiro atoms. The van der Waals surface area contributed by atoms with Crippen molar-refractivity contribution in [1.29, 1.82) is 0 Å². The number of nitrogens with zero attached hydrogens (tertiary/aromatic N) is 1. The van der Waals surface area contributed by atoms with Gasteiger partial charge in [0, 0.05) is 12.6 Å². The monoisotopic (exact) mass is 278 g/mol. The van der Waals surface area contributed by atoms with E-state index in [2.05, 4.69) is 12.2 Å². The second-order valence-corrected chi connectivity index (χ2v) is 5.34. The van der Waals surface area contributed by atoms with E-state index in [4.69, 9.17) is 4.74 Å². The molecule has 1 fully saturated rings. The van der Waals surface area contributed by atoms with E-state index in [-0.39, 0.29) is 10.6 Å². The van der Waals surface area contributed by atoms with Crippen LogP contribution in [0, 0.1) is 16.0 Å². The van der Waals surface area contributed by atoms with E-state index in [1.54, 1.807) is 18.2 Å². The molecule has 0 amide bonds. The quantitative estimate of drug-likeness (QED) is 0.450. The standard InChI is InChI=1S/C15H22N2O3/c1-2-8-16-10-13-6-7-14(17(18)19)15(9-13)20-11-12-4-3-5-12/h6-7,9,12,16H,2-5,8,10-11H2,1H3. The van der Waals surface area contributed by atoms with E-state index in [0.717, 1.165) is 18.5 Å². The van der Waals surface area contributed by atoms with Gasteiger partial charge >= 0.3 is 5.69 Å². The molecule has 2 rings (SSSR count). The third-order valence-corrected chi connectivity index (χ3v) is 3.68. The molecule has 1 N–H and O–H groups in total. The molecule has 20 heavy (non-hydrogen) atoms. The highest BCUT2D eigenvalue weighted by Crippen LogP contribution is 2.31. The van der Waals surface area contributed by atoms with Gasteiger partial charge in [-0.05, 0) is 43.4 Å². The van der Waals surface area contributed by atoms with Gasteiger partial charge in [-0.15, -0.1) is 0 Å². The molecule has 0 unspecified atom stereocenters. The number of hydrogen-bond acceptors (Lipinski definition) is 4. The number of nitro groups is 1. The topological polar surface area (TPSA) is 64.4 Å². The van der Waals surface area contributed by atoms with Gasteiger partial charge in [0.25, 0.3) is 0 Å². The second-order valence-electron chi connectivity index (χ2n) is 5.34. The minimum absolute atomic E-state index is 0.0589. The van der Waals surface area contributed by atoms with Crippen LogP contribution < -0.4 is 10.1 Å². The summed E-state index contributed by atoms with van der Waals surface area (Å²) in [5.41, 5.74) is 1.08. The molecule has 5 heteroatoms. The lowest BCUT2D eigenvalue weighted by Crippen LogP contribution is -2.19. The second kappa shape index (κ2) is 7.24. The SMILES string of the molecule is CCCNCc1ccc([N+](=O)[O-])c(OCC2CCC2)c1. The Morgan fingerprint density at radius 1 is 1.45 bits per heavy atom. The number of nitro benzene ring substituents is 1. The van der Waals surface area contributed by atoms with Gasteiger partial charge in [-0.1, -0.05) is 19.4 Å². The van der Waals surface area contributed by atoms with Crippen LogP contribution in [0.3, 0.4) is 0 Å². The van der Waals surface area contributed by atoms with Gasteiger partial charge in [0.2, 0.25) is 0 Å². The first kappa shape index (κ1) is 14.8. The smallest absolute Gasteiger partial charge is 0.310 e. The van der Waals surface area contributed by atoms with Crippen LogP contribution in [0.25, 0.3) is 0 Å². The van der Waals surface area contributed by atoms with Crippen LogP contribution in [0.1, 0.15) is 38.2 Å². The van der Waals surface area contributed by atoms with Gasteiger partial charge in [-0.25, -0.2) is 0 Å². The highest BCUT2D eigenvalue weighted by atomic mass is 16.6. The number of nitrogens with one attached hydrogen (secondary N) is 1. The Balaban J connectivity index is 2.02. The van der Waals surface area contributed by atoms with Gasteiger partial charge in [-0.2, -0.15) is 0 Å². The third-order valence-electron chi connectivity index (χ3n) is 3.68. The van der Waals surface area contributed by atoms with Crippen molar-refractivity contribution < 1.29 is 9.66 Å². The van der Waals surface area contributed by atoms with E-state index in [9.17, 15) is 10.1 Å². The zero-order chi connectivity index (χ0) is 14.4. The molecule has 0 saturated heterocycles. The summed E-state index contributed by atoms with van der Waals surface area (Å²) in [5, 5.41) is 14.3. The largest absolute Gasteiger partial charge is 0.487 e. The van der Waals surface area contributed by atoms with Crippen molar-refractivity contribution in [2.24, 2.45) is 5.92 Å². The maximum atomic E-state index is 11.0. The Morgan fingerprint density at radius 2 is 2.25 bits per heavy atom. The molecule has 1 saturated carbocycles. The summed E-state index contributed by atoms with van der Waals surface area (Å²) in [6.07, 6.45) is 4.66. The molecule has 1 aromatic rings. The fraction of sp³-hybridized carbons (Fsp3) is 0.600. The van der Waals surface area contributed by atoms with Crippen molar-refractivity contribution in [2.75, 3.05) is 13.2 Å². The molecule has 1 aliphatic carbocycles. The van der Waals surface area contributed by atoms with Crippen LogP contribution in [0.2, 0.25) is 0 Å². The molecule has 1 aromatic carbocycles. The van der Waals surface area contributed by atoms with E-state index < -0.39 is 0 Å². The Hall–Kier alpha value is -1.62. The summed E-state index contributed by atoms with van der Waals surface area (Å²) in [4.78, 5) is 10.7. The molecule has 0 heterocycles. The highest BCUT2D eigenvalue weighted by molar-refractivity contribution is 5.48. The van der Waals surface area contributed by atoms with Crippen LogP contribution in [0.4, 0.5) is 5.69 Å². The predicted octanol–water partition coefficient (Wildman–Crippen LogP) is 3.27. The Bertz CT molecular complexity index is 458. The van der Waals surface area contributed by atoms with Crippen molar-refractivity contribution in [3.8, 4) is 5.75 Å². The minimum Gasteiger partial charge on any atom is -0.487 e. The van der Waals surface area contributed by atoms with Gasteiger partial charge in [0.05, 0.1) is 11.5 Å². The number of rotatable bonds is 8. The third kappa shape index (κ3) is 3.93. The van der Waals surface area contributed by atoms with Crippen molar-refractivity contribution in [3.05, 3.63) is 33.9 Å². The zero-order valence-electron chi connectivity index (χ0n) is 11.9. The normalized spacial score (nSPS) is 14.8. The van der Waals surface area contributed by atoms with E-state index in [1.165, 1.54) is 19.3 Å². The average Bonchev–Trinajstić information content (AvgIpc) is 2.37. The number of hydrogen-bond donors (Lipinski definition) is 1. The number of benzene rings is 1. The summed E-state index contributed by atoms with van der Waals surface area (Å²) in [6.45, 7) is 4.35. The van der Waals surface area contributed by atoms with Crippen molar-refractivity contribution in [1.82, 2.24) is 5.32 Å². The van der Waals surface area contributed by atoms with E-state index in [1.807, 2.05) is 0 Å². The summed E-state index contributed by atoms with van der Waals surface area (Å²) in [5.74, 6) is 0.967. The van der Waals surface area contributed by atoms with Crippen molar-refractivity contribution in [2.45, 2.75) is 39.2 Å². The van der Waals surface area contributed by atoms with Gasteiger partial charge in [0.15, 0.2) is 5.75 Å². The molecule has 0 aromatic heterocycles. The molecule has 0 atom stereocenters. The first-order valence-corrected chi connectivity index (χ1v) is 7.31. The Kier molecular flexibility index (Phi) is 5.35. The summed E-state index contributed by atoms with van der Waals surface area (Å²) >= 11 is 0. The van der Waals surface area contributed by atoms with E-state index >= 15 is 0 Å². The molecule has 1 aliphatic rings. The highest BCUT2D eigenvalue weighted by Gasteiger charge is 2.21. The summed E-state index contributed by atoms with van der Waals surface area (Å²) in [6, 6.07) is 5.12. The first-order valence-electron chi connectivity index (χ1n) is 7.31. The fourth-order valence-electron chi connectivity index (χ4n) is 2.21. The first-order chi connectivity index (χ1) is 9.70. The van der Waals surface area contributed by atoms with Crippen LogP contribution in [-0.2, 0) is 6.54 Å². The lowest BCUT2D eigenvalue weighted by Gasteiger charge is -2.25. The van der Waals surface area contributed by atoms with Gasteiger partial charge < -0.3 is 10.1 Å². The minimum atomic E-state index is -0.376. The summed E-state index contributed by atoms with van der Waals surface area (Å²) < 4.78 is 5.68. The molecule has 0 aliphatic heterocycles. The van der Waals surface area contributed by atoms with Crippen LogP contribution in [0.5, 0.6) is 5.75 Å². The predicted molar refractivity (Wildman–Crippen MR) is 77.9 cm³/mol. The molecular formula is C15H22N2O3. The molecule has 0 radical (unpaired) electrons.